The Morgan fingerprint density at radius 1 is 0.714 bits per heavy atom. The van der Waals surface area contributed by atoms with Crippen LogP contribution < -0.4 is 9.47 Å². The molecule has 0 heterocycles. The molecule has 0 bridgehead atoms. The molecular weight excluding hydrogens is 356 g/mol. The first-order chi connectivity index (χ1) is 12.9. The predicted octanol–water partition coefficient (Wildman–Crippen LogP) is 4.82. The van der Waals surface area contributed by atoms with Crippen molar-refractivity contribution >= 4 is 17.7 Å². The second kappa shape index (κ2) is 7.97. The van der Waals surface area contributed by atoms with Gasteiger partial charge in [0.15, 0.2) is 5.78 Å². The maximum absolute atomic E-state index is 12.9. The van der Waals surface area contributed by atoms with Gasteiger partial charge in [0, 0.05) is 11.6 Å². The molecule has 148 valence electrons. The zero-order valence-corrected chi connectivity index (χ0v) is 17.2. The summed E-state index contributed by atoms with van der Waals surface area (Å²) in [7, 11) is 0. The van der Waals surface area contributed by atoms with Crippen LogP contribution in [-0.4, -0.2) is 17.7 Å². The van der Waals surface area contributed by atoms with E-state index >= 15 is 0 Å². The SMILES string of the molecule is CC(C)(C)C(=O)Oc1ccc(C(=O)c2ccccc2)c(OC(=O)C(C)(C)C)c1. The van der Waals surface area contributed by atoms with E-state index in [1.165, 1.54) is 18.2 Å². The first kappa shape index (κ1) is 21.4. The van der Waals surface area contributed by atoms with Crippen molar-refractivity contribution in [2.45, 2.75) is 41.5 Å². The average Bonchev–Trinajstić information content (AvgIpc) is 2.60. The zero-order chi connectivity index (χ0) is 21.1. The molecule has 0 amide bonds. The van der Waals surface area contributed by atoms with Gasteiger partial charge in [0.25, 0.3) is 0 Å². The average molecular weight is 382 g/mol. The summed E-state index contributed by atoms with van der Waals surface area (Å²) in [4.78, 5) is 37.5. The van der Waals surface area contributed by atoms with Crippen molar-refractivity contribution in [1.82, 2.24) is 0 Å². The van der Waals surface area contributed by atoms with E-state index in [9.17, 15) is 14.4 Å². The Morgan fingerprint density at radius 2 is 1.25 bits per heavy atom. The lowest BCUT2D eigenvalue weighted by Gasteiger charge is -2.19. The topological polar surface area (TPSA) is 69.7 Å². The van der Waals surface area contributed by atoms with Gasteiger partial charge in [0.2, 0.25) is 0 Å². The maximum atomic E-state index is 12.9. The normalized spacial score (nSPS) is 11.6. The van der Waals surface area contributed by atoms with E-state index in [2.05, 4.69) is 0 Å². The van der Waals surface area contributed by atoms with E-state index in [0.717, 1.165) is 0 Å². The molecule has 0 aliphatic carbocycles. The number of esters is 2. The lowest BCUT2D eigenvalue weighted by Crippen LogP contribution is -2.27. The first-order valence-electron chi connectivity index (χ1n) is 9.08. The van der Waals surface area contributed by atoms with Gasteiger partial charge in [-0.25, -0.2) is 0 Å². The van der Waals surface area contributed by atoms with Crippen LogP contribution in [0.1, 0.15) is 57.5 Å². The Balaban J connectivity index is 2.45. The van der Waals surface area contributed by atoms with E-state index in [1.807, 2.05) is 6.07 Å². The van der Waals surface area contributed by atoms with Crippen molar-refractivity contribution in [1.29, 1.82) is 0 Å². The van der Waals surface area contributed by atoms with Crippen molar-refractivity contribution in [3.05, 3.63) is 59.7 Å². The largest absolute Gasteiger partial charge is 0.426 e. The standard InChI is InChI=1S/C23H26O5/c1-22(2,3)20(25)27-16-12-13-17(19(24)15-10-8-7-9-11-15)18(14-16)28-21(26)23(4,5)6/h7-14H,1-6H3. The minimum absolute atomic E-state index is 0.0630. The van der Waals surface area contributed by atoms with Gasteiger partial charge in [-0.3, -0.25) is 14.4 Å². The Hall–Kier alpha value is -2.95. The lowest BCUT2D eigenvalue weighted by atomic mass is 9.97. The maximum Gasteiger partial charge on any atom is 0.316 e. The van der Waals surface area contributed by atoms with Crippen molar-refractivity contribution in [2.75, 3.05) is 0 Å². The molecule has 0 aliphatic heterocycles. The van der Waals surface area contributed by atoms with E-state index in [1.54, 1.807) is 65.8 Å². The third kappa shape index (κ3) is 5.28. The molecule has 2 aromatic rings. The second-order valence-corrected chi connectivity index (χ2v) is 8.63. The van der Waals surface area contributed by atoms with Gasteiger partial charge in [0.05, 0.1) is 16.4 Å². The lowest BCUT2D eigenvalue weighted by molar-refractivity contribution is -0.143. The quantitative estimate of drug-likeness (QED) is 0.431. The van der Waals surface area contributed by atoms with Gasteiger partial charge in [-0.2, -0.15) is 0 Å². The fourth-order valence-corrected chi connectivity index (χ4v) is 2.10. The van der Waals surface area contributed by atoms with Crippen LogP contribution in [-0.2, 0) is 9.59 Å². The van der Waals surface area contributed by atoms with Crippen molar-refractivity contribution in [2.24, 2.45) is 10.8 Å². The summed E-state index contributed by atoms with van der Waals surface area (Å²) in [6.07, 6.45) is 0. The molecular formula is C23H26O5. The molecule has 0 unspecified atom stereocenters. The van der Waals surface area contributed by atoms with Crippen LogP contribution in [0, 0.1) is 10.8 Å². The van der Waals surface area contributed by atoms with Crippen LogP contribution >= 0.6 is 0 Å². The van der Waals surface area contributed by atoms with Gasteiger partial charge in [-0.05, 0) is 53.7 Å². The van der Waals surface area contributed by atoms with E-state index in [-0.39, 0.29) is 22.8 Å². The Bertz CT molecular complexity index is 883. The molecule has 0 N–H and O–H groups in total. The summed E-state index contributed by atoms with van der Waals surface area (Å²) in [5.74, 6) is -0.933. The Morgan fingerprint density at radius 3 is 1.79 bits per heavy atom. The molecule has 2 aromatic carbocycles. The highest BCUT2D eigenvalue weighted by atomic mass is 16.5. The highest BCUT2D eigenvalue weighted by Gasteiger charge is 2.28. The van der Waals surface area contributed by atoms with Gasteiger partial charge in [0.1, 0.15) is 11.5 Å². The van der Waals surface area contributed by atoms with Crippen LogP contribution in [0.15, 0.2) is 48.5 Å². The van der Waals surface area contributed by atoms with Gasteiger partial charge >= 0.3 is 11.9 Å². The number of ketones is 1. The highest BCUT2D eigenvalue weighted by Crippen LogP contribution is 2.30. The highest BCUT2D eigenvalue weighted by molar-refractivity contribution is 6.11. The summed E-state index contributed by atoms with van der Waals surface area (Å²) in [6, 6.07) is 13.1. The molecule has 0 spiro atoms. The smallest absolute Gasteiger partial charge is 0.316 e. The van der Waals surface area contributed by atoms with Crippen LogP contribution in [0.3, 0.4) is 0 Å². The van der Waals surface area contributed by atoms with Crippen LogP contribution in [0.2, 0.25) is 0 Å². The molecule has 0 fully saturated rings. The molecule has 5 nitrogen and oxygen atoms in total. The van der Waals surface area contributed by atoms with Crippen LogP contribution in [0.4, 0.5) is 0 Å². The number of rotatable bonds is 4. The zero-order valence-electron chi connectivity index (χ0n) is 17.2. The van der Waals surface area contributed by atoms with Gasteiger partial charge < -0.3 is 9.47 Å². The third-order valence-electron chi connectivity index (χ3n) is 3.87. The molecule has 2 rings (SSSR count). The number of hydrogen-bond donors (Lipinski definition) is 0. The second-order valence-electron chi connectivity index (χ2n) is 8.63. The molecule has 0 radical (unpaired) electrons. The summed E-state index contributed by atoms with van der Waals surface area (Å²) >= 11 is 0. The Kier molecular flexibility index (Phi) is 6.07. The minimum atomic E-state index is -0.759. The monoisotopic (exact) mass is 382 g/mol. The molecule has 0 atom stereocenters. The molecule has 0 aromatic heterocycles. The summed E-state index contributed by atoms with van der Waals surface area (Å²) in [6.45, 7) is 10.4. The van der Waals surface area contributed by atoms with Crippen molar-refractivity contribution < 1.29 is 23.9 Å². The summed E-state index contributed by atoms with van der Waals surface area (Å²) in [5, 5.41) is 0. The summed E-state index contributed by atoms with van der Waals surface area (Å²) < 4.78 is 10.9. The molecule has 0 saturated carbocycles. The number of benzene rings is 2. The van der Waals surface area contributed by atoms with E-state index < -0.39 is 22.8 Å². The Labute approximate surface area is 165 Å². The molecule has 5 heteroatoms. The molecule has 0 aliphatic rings. The van der Waals surface area contributed by atoms with Gasteiger partial charge in [-0.1, -0.05) is 30.3 Å². The number of carbonyl (C=O) groups is 3. The van der Waals surface area contributed by atoms with Crippen molar-refractivity contribution in [3.63, 3.8) is 0 Å². The van der Waals surface area contributed by atoms with Crippen LogP contribution in [0.5, 0.6) is 11.5 Å². The fraction of sp³-hybridized carbons (Fsp3) is 0.348. The molecule has 0 saturated heterocycles. The third-order valence-corrected chi connectivity index (χ3v) is 3.87. The number of ether oxygens (including phenoxy) is 2. The fourth-order valence-electron chi connectivity index (χ4n) is 2.10. The predicted molar refractivity (Wildman–Crippen MR) is 106 cm³/mol. The van der Waals surface area contributed by atoms with E-state index in [4.69, 9.17) is 9.47 Å². The molecule has 28 heavy (non-hydrogen) atoms. The van der Waals surface area contributed by atoms with E-state index in [0.29, 0.717) is 5.56 Å². The number of carbonyl (C=O) groups excluding carboxylic acids is 3. The first-order valence-corrected chi connectivity index (χ1v) is 9.08. The minimum Gasteiger partial charge on any atom is -0.426 e. The van der Waals surface area contributed by atoms with Crippen LogP contribution in [0.25, 0.3) is 0 Å². The number of hydrogen-bond acceptors (Lipinski definition) is 5. The summed E-state index contributed by atoms with van der Waals surface area (Å²) in [5.41, 5.74) is -0.763. The van der Waals surface area contributed by atoms with Gasteiger partial charge in [-0.15, -0.1) is 0 Å². The van der Waals surface area contributed by atoms with Crippen molar-refractivity contribution in [3.8, 4) is 11.5 Å².